The van der Waals surface area contributed by atoms with Crippen LogP contribution in [0.2, 0.25) is 10.0 Å². The van der Waals surface area contributed by atoms with Crippen molar-refractivity contribution < 1.29 is 28.7 Å². The van der Waals surface area contributed by atoms with Crippen LogP contribution >= 0.6 is 46.4 Å². The van der Waals surface area contributed by atoms with E-state index >= 15 is 0 Å². The van der Waals surface area contributed by atoms with Crippen molar-refractivity contribution in [3.05, 3.63) is 117 Å². The van der Waals surface area contributed by atoms with E-state index in [2.05, 4.69) is 15.0 Å². The summed E-state index contributed by atoms with van der Waals surface area (Å²) in [5.74, 6) is -0.773. The summed E-state index contributed by atoms with van der Waals surface area (Å²) in [5.41, 5.74) is 7.41. The number of nitrogen functional groups attached to an aromatic ring is 1. The van der Waals surface area contributed by atoms with Gasteiger partial charge in [-0.05, 0) is 134 Å². The molecule has 6 rings (SSSR count). The minimum atomic E-state index is -1.21. The third-order valence-corrected chi connectivity index (χ3v) is 10.2. The predicted octanol–water partition coefficient (Wildman–Crippen LogP) is 12.3. The zero-order chi connectivity index (χ0) is 46.6. The lowest BCUT2D eigenvalue weighted by molar-refractivity contribution is -0.121. The molecular formula is C44H44Cl4N8O6. The monoisotopic (exact) mass is 920 g/mol. The number of nitrogens with zero attached hydrogens (tertiary/aromatic N) is 6. The van der Waals surface area contributed by atoms with E-state index in [1.807, 2.05) is 0 Å². The molecular weight excluding hydrogens is 878 g/mol. The van der Waals surface area contributed by atoms with Gasteiger partial charge in [0.1, 0.15) is 16.7 Å². The minimum absolute atomic E-state index is 0.194. The Labute approximate surface area is 380 Å². The molecule has 2 saturated heterocycles. The number of alkyl halides is 2. The van der Waals surface area contributed by atoms with E-state index in [0.717, 1.165) is 9.80 Å². The first-order valence-electron chi connectivity index (χ1n) is 18.7. The molecule has 0 unspecified atom stereocenters. The lowest BCUT2D eigenvalue weighted by Gasteiger charge is -2.28. The maximum Gasteiger partial charge on any atom is 0.412 e. The van der Waals surface area contributed by atoms with Gasteiger partial charge in [0, 0.05) is 11.4 Å². The number of imide groups is 2. The molecule has 14 nitrogen and oxygen atoms in total. The van der Waals surface area contributed by atoms with Gasteiger partial charge in [0.2, 0.25) is 0 Å². The molecule has 0 saturated carbocycles. The van der Waals surface area contributed by atoms with Crippen molar-refractivity contribution in [2.24, 2.45) is 0 Å². The van der Waals surface area contributed by atoms with E-state index in [9.17, 15) is 24.0 Å². The molecule has 4 aromatic carbocycles. The molecule has 0 spiro atoms. The van der Waals surface area contributed by atoms with Gasteiger partial charge in [-0.1, -0.05) is 35.3 Å². The molecule has 0 atom stereocenters. The maximum absolute atomic E-state index is 13.4. The predicted molar refractivity (Wildman–Crippen MR) is 248 cm³/mol. The van der Waals surface area contributed by atoms with E-state index in [4.69, 9.17) is 70.0 Å². The van der Waals surface area contributed by atoms with Gasteiger partial charge >= 0.3 is 18.2 Å². The molecule has 7 amide bonds. The molecule has 0 aromatic heterocycles. The zero-order valence-corrected chi connectivity index (χ0v) is 38.4. The third kappa shape index (κ3) is 10.0. The lowest BCUT2D eigenvalue weighted by atomic mass is 10.0. The Morgan fingerprint density at radius 2 is 1.08 bits per heavy atom. The number of ether oxygens (including phenoxy) is 1. The first-order chi connectivity index (χ1) is 28.9. The molecule has 0 radical (unpaired) electrons. The second kappa shape index (κ2) is 18.9. The Morgan fingerprint density at radius 3 is 1.45 bits per heavy atom. The van der Waals surface area contributed by atoms with E-state index in [0.29, 0.717) is 56.0 Å². The first-order valence-corrected chi connectivity index (χ1v) is 20.5. The molecule has 0 bridgehead atoms. The first kappa shape index (κ1) is 48.6. The lowest BCUT2D eigenvalue weighted by Crippen LogP contribution is -2.44. The number of nitrogens with two attached hydrogens (primary N) is 1. The van der Waals surface area contributed by atoms with Crippen molar-refractivity contribution in [3.63, 3.8) is 0 Å². The van der Waals surface area contributed by atoms with Gasteiger partial charge < -0.3 is 10.5 Å². The fourth-order valence-electron chi connectivity index (χ4n) is 6.55. The summed E-state index contributed by atoms with van der Waals surface area (Å²) in [6.45, 7) is 29.7. The maximum atomic E-state index is 13.4. The number of nitrogens with one attached hydrogen (secondary N) is 1. The van der Waals surface area contributed by atoms with Crippen LogP contribution < -0.4 is 30.7 Å². The highest BCUT2D eigenvalue weighted by Crippen LogP contribution is 2.41. The summed E-state index contributed by atoms with van der Waals surface area (Å²) in [6, 6.07) is 18.1. The van der Waals surface area contributed by atoms with Crippen LogP contribution in [0.5, 0.6) is 0 Å². The van der Waals surface area contributed by atoms with E-state index in [1.54, 1.807) is 123 Å². The Bertz CT molecular complexity index is 2540. The molecule has 4 aromatic rings. The number of amides is 7. The summed E-state index contributed by atoms with van der Waals surface area (Å²) in [4.78, 5) is 76.8. The van der Waals surface area contributed by atoms with Crippen LogP contribution in [-0.2, 0) is 14.3 Å². The summed E-state index contributed by atoms with van der Waals surface area (Å²) >= 11 is 21.7. The van der Waals surface area contributed by atoms with Crippen LogP contribution in [0.3, 0.4) is 0 Å². The Hall–Kier alpha value is -6.03. The van der Waals surface area contributed by atoms with Gasteiger partial charge in [-0.15, -0.1) is 23.2 Å². The smallest absolute Gasteiger partial charge is 0.412 e. The van der Waals surface area contributed by atoms with Crippen LogP contribution in [0.15, 0.2) is 72.8 Å². The molecule has 2 aliphatic heterocycles. The van der Waals surface area contributed by atoms with Gasteiger partial charge in [-0.3, -0.25) is 24.7 Å². The van der Waals surface area contributed by atoms with Crippen LogP contribution in [0.1, 0.15) is 59.6 Å². The highest BCUT2D eigenvalue weighted by Gasteiger charge is 2.54. The van der Waals surface area contributed by atoms with Gasteiger partial charge in [0.15, 0.2) is 11.4 Å². The quantitative estimate of drug-likeness (QED) is 0.0874. The van der Waals surface area contributed by atoms with Gasteiger partial charge in [-0.25, -0.2) is 33.9 Å². The molecule has 62 heavy (non-hydrogen) atoms. The standard InChI is InChI=1S/C24H25ClN4O4.C19H17ClN4O2.CH2Cl2/c1-14-12-15(9-11-18(14)26-7)28-20(30)24(5,6)29(22(28)32)16-8-10-17(25)19(13-16)27-21(31)33-23(2,3)4;1-11-9-12(6-8-16(11)22-4)23-17(25)19(2,3)24(18(23)26)13-5-7-14(20)15(21)10-13;2-1-3/h8-13H,1-6H3,(H,27,31);5-10H,21H2,1-3H3;1H2. The number of hydrogen-bond donors (Lipinski definition) is 2. The number of hydrogen-bond acceptors (Lipinski definition) is 7. The summed E-state index contributed by atoms with van der Waals surface area (Å²) in [7, 11) is 0. The van der Waals surface area contributed by atoms with Crippen molar-refractivity contribution in [3.8, 4) is 0 Å². The van der Waals surface area contributed by atoms with Crippen molar-refractivity contribution in [1.82, 2.24) is 0 Å². The number of anilines is 6. The highest BCUT2D eigenvalue weighted by atomic mass is 35.5. The molecule has 2 fully saturated rings. The van der Waals surface area contributed by atoms with E-state index in [-0.39, 0.29) is 22.0 Å². The molecule has 2 heterocycles. The largest absolute Gasteiger partial charge is 0.444 e. The Balaban J connectivity index is 0.000000262. The third-order valence-electron chi connectivity index (χ3n) is 9.54. The van der Waals surface area contributed by atoms with E-state index < -0.39 is 40.7 Å². The molecule has 324 valence electrons. The summed E-state index contributed by atoms with van der Waals surface area (Å²) in [5, 5.41) is 3.42. The number of urea groups is 2. The number of halogens is 4. The SMILES string of the molecule is ClCCl.[C-]#[N+]c1ccc(N2C(=O)N(c3ccc(Cl)c(N)c3)C(C)(C)C2=O)cc1C.[C-]#[N+]c1ccc(N2C(=O)N(c3ccc(Cl)c(NC(=O)OC(C)(C)C)c3)C(C)(C)C2=O)cc1C. The molecule has 18 heteroatoms. The average molecular weight is 923 g/mol. The van der Waals surface area contributed by atoms with Crippen molar-refractivity contribution in [1.29, 1.82) is 0 Å². The second-order valence-corrected chi connectivity index (χ2v) is 17.5. The number of rotatable bonds is 5. The normalized spacial score (nSPS) is 15.3. The molecule has 3 N–H and O–H groups in total. The summed E-state index contributed by atoms with van der Waals surface area (Å²) < 4.78 is 5.27. The fourth-order valence-corrected chi connectivity index (χ4v) is 6.83. The Morgan fingerprint density at radius 1 is 0.694 bits per heavy atom. The highest BCUT2D eigenvalue weighted by molar-refractivity contribution is 6.40. The minimum Gasteiger partial charge on any atom is -0.444 e. The number of carbonyl (C=O) groups excluding carboxylic acids is 5. The van der Waals surface area contributed by atoms with Gasteiger partial charge in [0.05, 0.1) is 51.3 Å². The van der Waals surface area contributed by atoms with Crippen LogP contribution in [-0.4, -0.2) is 52.0 Å². The molecule has 2 aliphatic rings. The second-order valence-electron chi connectivity index (χ2n) is 15.9. The average Bonchev–Trinajstić information content (AvgIpc) is 3.47. The number of aryl methyl sites for hydroxylation is 2. The zero-order valence-electron chi connectivity index (χ0n) is 35.4. The fraction of sp³-hybridized carbons (Fsp3) is 0.295. The van der Waals surface area contributed by atoms with Gasteiger partial charge in [0.25, 0.3) is 11.8 Å². The van der Waals surface area contributed by atoms with Crippen molar-refractivity contribution >= 4 is 122 Å². The summed E-state index contributed by atoms with van der Waals surface area (Å²) in [6.07, 6.45) is -0.693. The van der Waals surface area contributed by atoms with Crippen molar-refractivity contribution in [2.45, 2.75) is 79.0 Å². The van der Waals surface area contributed by atoms with Crippen LogP contribution in [0.4, 0.5) is 59.9 Å². The Kier molecular flexibility index (Phi) is 14.8. The number of benzene rings is 4. The number of carbonyl (C=O) groups is 5. The van der Waals surface area contributed by atoms with Crippen molar-refractivity contribution in [2.75, 3.05) is 36.0 Å². The van der Waals surface area contributed by atoms with Gasteiger partial charge in [-0.2, -0.15) is 0 Å². The van der Waals surface area contributed by atoms with E-state index in [1.165, 1.54) is 21.9 Å². The van der Waals surface area contributed by atoms with Crippen LogP contribution in [0, 0.1) is 27.0 Å². The molecule has 0 aliphatic carbocycles. The topological polar surface area (TPSA) is 154 Å². The van der Waals surface area contributed by atoms with Crippen LogP contribution in [0.25, 0.3) is 9.69 Å².